The maximum atomic E-state index is 13.2. The second-order valence-corrected chi connectivity index (χ2v) is 5.54. The Morgan fingerprint density at radius 2 is 1.86 bits per heavy atom. The zero-order chi connectivity index (χ0) is 15.2. The van der Waals surface area contributed by atoms with E-state index >= 15 is 0 Å². The summed E-state index contributed by atoms with van der Waals surface area (Å²) >= 11 is 0. The van der Waals surface area contributed by atoms with Crippen molar-refractivity contribution in [1.82, 2.24) is 5.32 Å². The standard InChI is InChI=1S/C13H14F3N3O2/c14-13(15,16)11-3-10(19(20)21)1-2-12(11)18-6-8-4-17-5-9(8)7-18/h1-3,8-9,17H,4-7H2. The molecule has 0 saturated carbocycles. The molecule has 0 radical (unpaired) electrons. The number of fused-ring (bicyclic) bond motifs is 1. The van der Waals surface area contributed by atoms with Crippen LogP contribution in [-0.2, 0) is 6.18 Å². The summed E-state index contributed by atoms with van der Waals surface area (Å²) in [5, 5.41) is 13.9. The van der Waals surface area contributed by atoms with Crippen LogP contribution in [0.5, 0.6) is 0 Å². The van der Waals surface area contributed by atoms with Crippen LogP contribution in [0.1, 0.15) is 5.56 Å². The Hall–Kier alpha value is -1.83. The summed E-state index contributed by atoms with van der Waals surface area (Å²) in [5.74, 6) is 0.697. The second kappa shape index (κ2) is 4.87. The van der Waals surface area contributed by atoms with E-state index in [9.17, 15) is 23.3 Å². The van der Waals surface area contributed by atoms with E-state index in [-0.39, 0.29) is 5.69 Å². The minimum absolute atomic E-state index is 0.0440. The number of nitrogens with zero attached hydrogens (tertiary/aromatic N) is 2. The van der Waals surface area contributed by atoms with Crippen LogP contribution in [0.3, 0.4) is 0 Å². The SMILES string of the molecule is O=[N+]([O-])c1ccc(N2CC3CNCC3C2)c(C(F)(F)F)c1. The van der Waals surface area contributed by atoms with Gasteiger partial charge in [-0.2, -0.15) is 13.2 Å². The molecule has 0 amide bonds. The molecule has 2 saturated heterocycles. The van der Waals surface area contributed by atoms with Crippen molar-refractivity contribution in [1.29, 1.82) is 0 Å². The number of alkyl halides is 3. The topological polar surface area (TPSA) is 58.4 Å². The molecule has 2 heterocycles. The highest BCUT2D eigenvalue weighted by Gasteiger charge is 2.41. The first-order chi connectivity index (χ1) is 9.86. The van der Waals surface area contributed by atoms with Gasteiger partial charge in [0, 0.05) is 44.0 Å². The highest BCUT2D eigenvalue weighted by Crippen LogP contribution is 2.41. The number of halogens is 3. The number of nitrogens with one attached hydrogen (secondary N) is 1. The minimum atomic E-state index is -4.60. The minimum Gasteiger partial charge on any atom is -0.370 e. The van der Waals surface area contributed by atoms with Gasteiger partial charge in [-0.1, -0.05) is 0 Å². The third kappa shape index (κ3) is 2.55. The van der Waals surface area contributed by atoms with Crippen LogP contribution in [0.4, 0.5) is 24.5 Å². The number of non-ortho nitro benzene ring substituents is 1. The smallest absolute Gasteiger partial charge is 0.370 e. The molecule has 21 heavy (non-hydrogen) atoms. The van der Waals surface area contributed by atoms with Crippen molar-refractivity contribution in [2.45, 2.75) is 6.18 Å². The molecule has 1 aromatic carbocycles. The zero-order valence-corrected chi connectivity index (χ0v) is 11.1. The molecule has 0 aromatic heterocycles. The lowest BCUT2D eigenvalue weighted by Crippen LogP contribution is -2.27. The van der Waals surface area contributed by atoms with Crippen LogP contribution in [0, 0.1) is 22.0 Å². The van der Waals surface area contributed by atoms with E-state index < -0.39 is 22.4 Å². The molecule has 2 unspecified atom stereocenters. The Balaban J connectivity index is 1.96. The number of rotatable bonds is 2. The molecule has 2 aliphatic rings. The number of nitro benzene ring substituents is 1. The average Bonchev–Trinajstić information content (AvgIpc) is 2.97. The van der Waals surface area contributed by atoms with Crippen LogP contribution in [0.15, 0.2) is 18.2 Å². The molecule has 0 aliphatic carbocycles. The summed E-state index contributed by atoms with van der Waals surface area (Å²) in [6.45, 7) is 2.74. The predicted octanol–water partition coefficient (Wildman–Crippen LogP) is 2.27. The van der Waals surface area contributed by atoms with Crippen LogP contribution in [0.25, 0.3) is 0 Å². The van der Waals surface area contributed by atoms with Crippen molar-refractivity contribution < 1.29 is 18.1 Å². The molecule has 114 valence electrons. The molecule has 8 heteroatoms. The van der Waals surface area contributed by atoms with Gasteiger partial charge in [0.25, 0.3) is 5.69 Å². The van der Waals surface area contributed by atoms with Crippen LogP contribution < -0.4 is 10.2 Å². The number of hydrogen-bond acceptors (Lipinski definition) is 4. The third-order valence-corrected chi connectivity index (χ3v) is 4.23. The van der Waals surface area contributed by atoms with Crippen LogP contribution in [0.2, 0.25) is 0 Å². The lowest BCUT2D eigenvalue weighted by molar-refractivity contribution is -0.385. The van der Waals surface area contributed by atoms with Gasteiger partial charge in [0.05, 0.1) is 10.5 Å². The van der Waals surface area contributed by atoms with E-state index in [2.05, 4.69) is 5.32 Å². The molecule has 1 N–H and O–H groups in total. The van der Waals surface area contributed by atoms with E-state index in [4.69, 9.17) is 0 Å². The lowest BCUT2D eigenvalue weighted by Gasteiger charge is -2.23. The van der Waals surface area contributed by atoms with Crippen molar-refractivity contribution in [2.24, 2.45) is 11.8 Å². The fourth-order valence-corrected chi connectivity index (χ4v) is 3.19. The van der Waals surface area contributed by atoms with E-state index in [1.807, 2.05) is 0 Å². The molecule has 0 bridgehead atoms. The zero-order valence-electron chi connectivity index (χ0n) is 11.1. The number of nitro groups is 1. The van der Waals surface area contributed by atoms with Gasteiger partial charge in [-0.15, -0.1) is 0 Å². The molecule has 3 rings (SSSR count). The summed E-state index contributed by atoms with van der Waals surface area (Å²) in [6.07, 6.45) is -4.60. The molecule has 5 nitrogen and oxygen atoms in total. The van der Waals surface area contributed by atoms with E-state index in [0.29, 0.717) is 31.0 Å². The summed E-state index contributed by atoms with van der Waals surface area (Å²) < 4.78 is 39.5. The van der Waals surface area contributed by atoms with Crippen molar-refractivity contribution in [3.05, 3.63) is 33.9 Å². The predicted molar refractivity (Wildman–Crippen MR) is 70.2 cm³/mol. The Labute approximate surface area is 118 Å². The van der Waals surface area contributed by atoms with E-state index in [1.165, 1.54) is 6.07 Å². The third-order valence-electron chi connectivity index (χ3n) is 4.23. The Kier molecular flexibility index (Phi) is 3.27. The van der Waals surface area contributed by atoms with Gasteiger partial charge in [0.15, 0.2) is 0 Å². The average molecular weight is 301 g/mol. The van der Waals surface area contributed by atoms with Gasteiger partial charge in [0.2, 0.25) is 0 Å². The van der Waals surface area contributed by atoms with Gasteiger partial charge in [-0.3, -0.25) is 10.1 Å². The van der Waals surface area contributed by atoms with Gasteiger partial charge in [-0.05, 0) is 17.9 Å². The second-order valence-electron chi connectivity index (χ2n) is 5.54. The number of benzene rings is 1. The van der Waals surface area contributed by atoms with Crippen LogP contribution >= 0.6 is 0 Å². The molecule has 2 fully saturated rings. The van der Waals surface area contributed by atoms with Crippen molar-refractivity contribution in [2.75, 3.05) is 31.1 Å². The summed E-state index contributed by atoms with van der Waals surface area (Å²) in [5.41, 5.74) is -1.42. The highest BCUT2D eigenvalue weighted by molar-refractivity contribution is 5.60. The molecular formula is C13H14F3N3O2. The number of hydrogen-bond donors (Lipinski definition) is 1. The Morgan fingerprint density at radius 1 is 1.24 bits per heavy atom. The fourth-order valence-electron chi connectivity index (χ4n) is 3.19. The van der Waals surface area contributed by atoms with Crippen molar-refractivity contribution in [3.8, 4) is 0 Å². The van der Waals surface area contributed by atoms with Gasteiger partial charge >= 0.3 is 6.18 Å². The van der Waals surface area contributed by atoms with E-state index in [0.717, 1.165) is 19.2 Å². The molecular weight excluding hydrogens is 287 g/mol. The van der Waals surface area contributed by atoms with Crippen molar-refractivity contribution >= 4 is 11.4 Å². The van der Waals surface area contributed by atoms with Gasteiger partial charge in [-0.25, -0.2) is 0 Å². The number of anilines is 1. The van der Waals surface area contributed by atoms with Crippen LogP contribution in [-0.4, -0.2) is 31.1 Å². The van der Waals surface area contributed by atoms with E-state index in [1.54, 1.807) is 4.90 Å². The maximum absolute atomic E-state index is 13.2. The maximum Gasteiger partial charge on any atom is 0.418 e. The van der Waals surface area contributed by atoms with Gasteiger partial charge < -0.3 is 10.2 Å². The lowest BCUT2D eigenvalue weighted by atomic mass is 10.0. The first kappa shape index (κ1) is 14.1. The largest absolute Gasteiger partial charge is 0.418 e. The monoisotopic (exact) mass is 301 g/mol. The highest BCUT2D eigenvalue weighted by atomic mass is 19.4. The molecule has 0 spiro atoms. The van der Waals surface area contributed by atoms with Gasteiger partial charge in [0.1, 0.15) is 0 Å². The summed E-state index contributed by atoms with van der Waals surface area (Å²) in [4.78, 5) is 11.6. The first-order valence-electron chi connectivity index (χ1n) is 6.67. The van der Waals surface area contributed by atoms with Crippen molar-refractivity contribution in [3.63, 3.8) is 0 Å². The quantitative estimate of drug-likeness (QED) is 0.672. The normalized spacial score (nSPS) is 25.2. The Bertz CT molecular complexity index is 564. The molecule has 2 atom stereocenters. The first-order valence-corrected chi connectivity index (χ1v) is 6.67. The fraction of sp³-hybridized carbons (Fsp3) is 0.538. The Morgan fingerprint density at radius 3 is 2.38 bits per heavy atom. The summed E-state index contributed by atoms with van der Waals surface area (Å²) in [6, 6.07) is 2.98. The summed E-state index contributed by atoms with van der Waals surface area (Å²) in [7, 11) is 0. The molecule has 2 aliphatic heterocycles. The molecule has 1 aromatic rings.